The van der Waals surface area contributed by atoms with Crippen LogP contribution < -0.4 is 5.73 Å². The Morgan fingerprint density at radius 3 is 2.54 bits per heavy atom. The third kappa shape index (κ3) is 2.44. The van der Waals surface area contributed by atoms with Crippen LogP contribution in [0.2, 0.25) is 10.0 Å². The van der Waals surface area contributed by atoms with Crippen LogP contribution in [0.15, 0.2) is 18.2 Å². The number of carbonyl (C=O) groups excluding carboxylic acids is 1. The van der Waals surface area contributed by atoms with E-state index in [1.54, 1.807) is 18.2 Å². The number of ketones is 1. The van der Waals surface area contributed by atoms with Crippen molar-refractivity contribution in [3.8, 4) is 0 Å². The molecule has 1 aromatic rings. The fourth-order valence-electron chi connectivity index (χ4n) is 0.973. The molecule has 0 saturated carbocycles. The predicted octanol–water partition coefficient (Wildman–Crippen LogP) is 2.58. The molecule has 0 spiro atoms. The zero-order valence-corrected chi connectivity index (χ0v) is 8.56. The van der Waals surface area contributed by atoms with Crippen LogP contribution in [0.4, 0.5) is 0 Å². The Bertz CT molecular complexity index is 338. The van der Waals surface area contributed by atoms with Gasteiger partial charge in [0, 0.05) is 10.0 Å². The number of hydrogen-bond donors (Lipinski definition) is 1. The van der Waals surface area contributed by atoms with Gasteiger partial charge in [0.2, 0.25) is 0 Å². The Balaban J connectivity index is 3.08. The van der Waals surface area contributed by atoms with Gasteiger partial charge in [-0.1, -0.05) is 29.3 Å². The third-order valence-corrected chi connectivity index (χ3v) is 2.30. The highest BCUT2D eigenvalue weighted by Crippen LogP contribution is 2.25. The van der Waals surface area contributed by atoms with E-state index in [0.29, 0.717) is 15.6 Å². The molecular formula is C9H9Cl2NO. The smallest absolute Gasteiger partial charge is 0.151 e. The lowest BCUT2D eigenvalue weighted by atomic mass is 10.0. The summed E-state index contributed by atoms with van der Waals surface area (Å²) in [5, 5.41) is 0.958. The summed E-state index contributed by atoms with van der Waals surface area (Å²) in [6.45, 7) is 1.43. The summed E-state index contributed by atoms with van der Waals surface area (Å²) in [5.74, 6) is -0.121. The second kappa shape index (κ2) is 4.09. The second-order valence-corrected chi connectivity index (χ2v) is 3.60. The van der Waals surface area contributed by atoms with Gasteiger partial charge in [-0.15, -0.1) is 0 Å². The predicted molar refractivity (Wildman–Crippen MR) is 54.1 cm³/mol. The van der Waals surface area contributed by atoms with Gasteiger partial charge < -0.3 is 5.73 Å². The summed E-state index contributed by atoms with van der Waals surface area (Å²) in [5.41, 5.74) is 6.22. The average molecular weight is 218 g/mol. The quantitative estimate of drug-likeness (QED) is 0.828. The summed E-state index contributed by atoms with van der Waals surface area (Å²) < 4.78 is 0. The topological polar surface area (TPSA) is 43.1 Å². The lowest BCUT2D eigenvalue weighted by Crippen LogP contribution is -2.18. The largest absolute Gasteiger partial charge is 0.318 e. The van der Waals surface area contributed by atoms with Crippen molar-refractivity contribution in [1.82, 2.24) is 0 Å². The summed E-state index contributed by atoms with van der Waals surface area (Å²) in [6, 6.07) is 4.23. The Morgan fingerprint density at radius 2 is 2.08 bits per heavy atom. The van der Waals surface area contributed by atoms with Crippen molar-refractivity contribution in [1.29, 1.82) is 0 Å². The first kappa shape index (κ1) is 10.5. The number of halogens is 2. The maximum atomic E-state index is 11.0. The van der Waals surface area contributed by atoms with Crippen molar-refractivity contribution in [2.45, 2.75) is 13.0 Å². The van der Waals surface area contributed by atoms with E-state index in [4.69, 9.17) is 28.9 Å². The van der Waals surface area contributed by atoms with Crippen molar-refractivity contribution >= 4 is 29.0 Å². The van der Waals surface area contributed by atoms with E-state index in [2.05, 4.69) is 0 Å². The molecule has 0 aromatic heterocycles. The van der Waals surface area contributed by atoms with Gasteiger partial charge in [0.05, 0.1) is 6.04 Å². The van der Waals surface area contributed by atoms with Gasteiger partial charge in [-0.25, -0.2) is 0 Å². The highest BCUT2D eigenvalue weighted by atomic mass is 35.5. The van der Waals surface area contributed by atoms with Crippen molar-refractivity contribution < 1.29 is 4.79 Å². The van der Waals surface area contributed by atoms with E-state index in [1.807, 2.05) is 0 Å². The number of Topliss-reactive ketones (excluding diaryl/α,β-unsaturated/α-hetero) is 1. The number of hydrogen-bond acceptors (Lipinski definition) is 2. The van der Waals surface area contributed by atoms with Gasteiger partial charge in [-0.05, 0) is 24.6 Å². The minimum Gasteiger partial charge on any atom is -0.318 e. The van der Waals surface area contributed by atoms with Crippen molar-refractivity contribution in [2.24, 2.45) is 5.73 Å². The van der Waals surface area contributed by atoms with E-state index in [9.17, 15) is 4.79 Å². The molecule has 70 valence electrons. The van der Waals surface area contributed by atoms with Crippen LogP contribution in [0.1, 0.15) is 18.5 Å². The molecule has 4 heteroatoms. The lowest BCUT2D eigenvalue weighted by Gasteiger charge is -2.09. The summed E-state index contributed by atoms with van der Waals surface area (Å²) in [4.78, 5) is 11.0. The van der Waals surface area contributed by atoms with E-state index in [1.165, 1.54) is 6.92 Å². The van der Waals surface area contributed by atoms with E-state index in [-0.39, 0.29) is 5.78 Å². The van der Waals surface area contributed by atoms with Gasteiger partial charge in [-0.2, -0.15) is 0 Å². The van der Waals surface area contributed by atoms with Crippen LogP contribution in [0, 0.1) is 0 Å². The molecule has 2 N–H and O–H groups in total. The molecule has 0 aliphatic heterocycles. The molecule has 0 aliphatic rings. The minimum absolute atomic E-state index is 0.121. The highest BCUT2D eigenvalue weighted by Gasteiger charge is 2.14. The van der Waals surface area contributed by atoms with Gasteiger partial charge in [0.25, 0.3) is 0 Å². The molecule has 0 aliphatic carbocycles. The van der Waals surface area contributed by atoms with Crippen LogP contribution >= 0.6 is 23.2 Å². The van der Waals surface area contributed by atoms with Crippen LogP contribution in [0.3, 0.4) is 0 Å². The lowest BCUT2D eigenvalue weighted by molar-refractivity contribution is -0.118. The third-order valence-electron chi connectivity index (χ3n) is 1.74. The Kier molecular flexibility index (Phi) is 3.31. The summed E-state index contributed by atoms with van der Waals surface area (Å²) in [6.07, 6.45) is 0. The Morgan fingerprint density at radius 1 is 1.46 bits per heavy atom. The van der Waals surface area contributed by atoms with Crippen LogP contribution in [0.25, 0.3) is 0 Å². The molecule has 0 heterocycles. The Labute approximate surface area is 86.6 Å². The SMILES string of the molecule is CC(=O)C(N)c1ccc(Cl)cc1Cl. The van der Waals surface area contributed by atoms with Crippen molar-refractivity contribution in [3.63, 3.8) is 0 Å². The fourth-order valence-corrected chi connectivity index (χ4v) is 1.50. The number of carbonyl (C=O) groups is 1. The molecule has 2 nitrogen and oxygen atoms in total. The van der Waals surface area contributed by atoms with Gasteiger partial charge >= 0.3 is 0 Å². The van der Waals surface area contributed by atoms with Crippen molar-refractivity contribution in [2.75, 3.05) is 0 Å². The van der Waals surface area contributed by atoms with Gasteiger partial charge in [-0.3, -0.25) is 4.79 Å². The second-order valence-electron chi connectivity index (χ2n) is 2.75. The van der Waals surface area contributed by atoms with Gasteiger partial charge in [0.1, 0.15) is 0 Å². The molecule has 0 fully saturated rings. The van der Waals surface area contributed by atoms with E-state index >= 15 is 0 Å². The van der Waals surface area contributed by atoms with Crippen molar-refractivity contribution in [3.05, 3.63) is 33.8 Å². The maximum absolute atomic E-state index is 11.0. The summed E-state index contributed by atoms with van der Waals surface area (Å²) in [7, 11) is 0. The molecule has 1 rings (SSSR count). The molecular weight excluding hydrogens is 209 g/mol. The maximum Gasteiger partial charge on any atom is 0.151 e. The molecule has 0 radical (unpaired) electrons. The van der Waals surface area contributed by atoms with Gasteiger partial charge in [0.15, 0.2) is 5.78 Å². The van der Waals surface area contributed by atoms with Crippen LogP contribution in [-0.4, -0.2) is 5.78 Å². The number of benzene rings is 1. The molecule has 13 heavy (non-hydrogen) atoms. The monoisotopic (exact) mass is 217 g/mol. The molecule has 0 saturated heterocycles. The zero-order chi connectivity index (χ0) is 10.0. The zero-order valence-electron chi connectivity index (χ0n) is 7.05. The Hall–Kier alpha value is -0.570. The normalized spacial score (nSPS) is 12.6. The standard InChI is InChI=1S/C9H9Cl2NO/c1-5(13)9(12)7-3-2-6(10)4-8(7)11/h2-4,9H,12H2,1H3. The molecule has 0 amide bonds. The minimum atomic E-state index is -0.662. The van der Waals surface area contributed by atoms with Crippen LogP contribution in [0.5, 0.6) is 0 Å². The molecule has 1 aromatic carbocycles. The van der Waals surface area contributed by atoms with E-state index in [0.717, 1.165) is 0 Å². The first-order valence-corrected chi connectivity index (χ1v) is 4.49. The van der Waals surface area contributed by atoms with E-state index < -0.39 is 6.04 Å². The number of nitrogens with two attached hydrogens (primary N) is 1. The molecule has 0 bridgehead atoms. The number of rotatable bonds is 2. The average Bonchev–Trinajstić information content (AvgIpc) is 2.03. The molecule has 1 unspecified atom stereocenters. The summed E-state index contributed by atoms with van der Waals surface area (Å²) >= 11 is 11.5. The first-order chi connectivity index (χ1) is 6.02. The van der Waals surface area contributed by atoms with Crippen LogP contribution in [-0.2, 0) is 4.79 Å². The fraction of sp³-hybridized carbons (Fsp3) is 0.222. The first-order valence-electron chi connectivity index (χ1n) is 3.73. The highest BCUT2D eigenvalue weighted by molar-refractivity contribution is 6.35. The molecule has 1 atom stereocenters.